The Morgan fingerprint density at radius 2 is 1.51 bits per heavy atom. The van der Waals surface area contributed by atoms with Crippen LogP contribution in [0.3, 0.4) is 0 Å². The third kappa shape index (κ3) is 15.9. The van der Waals surface area contributed by atoms with Crippen molar-refractivity contribution in [3.63, 3.8) is 0 Å². The van der Waals surface area contributed by atoms with E-state index in [1.54, 1.807) is 0 Å². The van der Waals surface area contributed by atoms with E-state index in [2.05, 4.69) is 69.4 Å². The lowest BCUT2D eigenvalue weighted by molar-refractivity contribution is -0.903. The van der Waals surface area contributed by atoms with Crippen LogP contribution in [0.1, 0.15) is 51.5 Å². The molecule has 0 fully saturated rings. The lowest BCUT2D eigenvalue weighted by Gasteiger charge is -2.37. The Bertz CT molecular complexity index is 827. The zero-order valence-corrected chi connectivity index (χ0v) is 28.7. The molecule has 1 rings (SSSR count). The first kappa shape index (κ1) is 34.1. The van der Waals surface area contributed by atoms with Crippen LogP contribution >= 0.6 is 0 Å². The van der Waals surface area contributed by atoms with Crippen LogP contribution in [-0.2, 0) is 24.4 Å². The predicted molar refractivity (Wildman–Crippen MR) is 162 cm³/mol. The summed E-state index contributed by atoms with van der Waals surface area (Å²) in [5, 5.41) is 3.09. The van der Waals surface area contributed by atoms with E-state index in [1.807, 2.05) is 13.8 Å². The number of nitrogens with zero attached hydrogens (tertiary/aromatic N) is 1. The van der Waals surface area contributed by atoms with Crippen LogP contribution in [0.25, 0.3) is 0 Å². The summed E-state index contributed by atoms with van der Waals surface area (Å²) < 4.78 is 33.0. The van der Waals surface area contributed by atoms with Gasteiger partial charge >= 0.3 is 0 Å². The molecule has 0 aliphatic rings. The van der Waals surface area contributed by atoms with Crippen LogP contribution in [-0.4, -0.2) is 71.6 Å². The minimum absolute atomic E-state index is 0.112. The van der Waals surface area contributed by atoms with Crippen molar-refractivity contribution in [3.05, 3.63) is 35.9 Å². The van der Waals surface area contributed by atoms with Gasteiger partial charge in [0, 0.05) is 29.9 Å². The molecule has 0 atom stereocenters. The topological polar surface area (TPSA) is 72.5 Å². The van der Waals surface area contributed by atoms with Gasteiger partial charge in [0.2, 0.25) is 5.91 Å². The highest BCUT2D eigenvalue weighted by Crippen LogP contribution is 2.29. The van der Waals surface area contributed by atoms with E-state index in [4.69, 9.17) is 4.12 Å². The highest BCUT2D eigenvalue weighted by Gasteiger charge is 2.42. The van der Waals surface area contributed by atoms with Gasteiger partial charge in [0.15, 0.2) is 16.6 Å². The minimum atomic E-state index is -2.38. The van der Waals surface area contributed by atoms with Crippen LogP contribution in [0.2, 0.25) is 49.1 Å². The summed E-state index contributed by atoms with van der Waals surface area (Å²) in [6.07, 6.45) is 4.45. The SMILES string of the molecule is CC[Si](=O)C[Si](CCCNC(=O)CCCCC[N+](C)(C)Cc1ccccc1)(C[Si](=O)CC)O[Si](C)(C)C. The van der Waals surface area contributed by atoms with Crippen molar-refractivity contribution in [3.8, 4) is 0 Å². The van der Waals surface area contributed by atoms with E-state index in [9.17, 15) is 13.7 Å². The van der Waals surface area contributed by atoms with Gasteiger partial charge in [-0.05, 0) is 63.5 Å². The van der Waals surface area contributed by atoms with Crippen molar-refractivity contribution < 1.29 is 22.3 Å². The van der Waals surface area contributed by atoms with Crippen molar-refractivity contribution in [1.82, 2.24) is 5.32 Å². The van der Waals surface area contributed by atoms with Gasteiger partial charge in [0.25, 0.3) is 17.4 Å². The molecule has 1 N–H and O–H groups in total. The van der Waals surface area contributed by atoms with Crippen LogP contribution in [0, 0.1) is 0 Å². The average molecular weight is 582 g/mol. The van der Waals surface area contributed by atoms with Gasteiger partial charge in [-0.2, -0.15) is 0 Å². The third-order valence-corrected chi connectivity index (χ3v) is 21.9. The number of hydrogen-bond donors (Lipinski definition) is 1. The summed E-state index contributed by atoms with van der Waals surface area (Å²) in [6, 6.07) is 12.8. The van der Waals surface area contributed by atoms with Gasteiger partial charge in [-0.25, -0.2) is 0 Å². The molecule has 0 aliphatic carbocycles. The van der Waals surface area contributed by atoms with Crippen molar-refractivity contribution >= 4 is 39.9 Å². The second kappa shape index (κ2) is 16.9. The van der Waals surface area contributed by atoms with E-state index in [0.717, 1.165) is 49.3 Å². The number of benzene rings is 1. The molecule has 1 aromatic carbocycles. The van der Waals surface area contributed by atoms with E-state index in [-0.39, 0.29) is 5.91 Å². The largest absolute Gasteiger partial charge is 0.455 e. The summed E-state index contributed by atoms with van der Waals surface area (Å²) in [6.45, 7) is 13.2. The molecule has 0 saturated carbocycles. The molecule has 6 nitrogen and oxygen atoms in total. The minimum Gasteiger partial charge on any atom is -0.455 e. The first-order chi connectivity index (χ1) is 17.3. The Labute approximate surface area is 231 Å². The summed E-state index contributed by atoms with van der Waals surface area (Å²) in [4.78, 5) is 12.4. The first-order valence-corrected chi connectivity index (χ1v) is 23.7. The number of hydrogen-bond acceptors (Lipinski definition) is 4. The highest BCUT2D eigenvalue weighted by atomic mass is 28.5. The second-order valence-electron chi connectivity index (χ2n) is 12.1. The molecule has 0 radical (unpaired) electrons. The fourth-order valence-corrected chi connectivity index (χ4v) is 24.0. The molecule has 10 heteroatoms. The maximum atomic E-state index is 12.6. The smallest absolute Gasteiger partial charge is 0.275 e. The molecule has 0 unspecified atom stereocenters. The molecule has 37 heavy (non-hydrogen) atoms. The Morgan fingerprint density at radius 1 is 0.919 bits per heavy atom. The van der Waals surface area contributed by atoms with Crippen molar-refractivity contribution in [2.24, 2.45) is 0 Å². The summed E-state index contributed by atoms with van der Waals surface area (Å²) >= 11 is 0. The molecule has 0 spiro atoms. The number of unbranched alkanes of at least 4 members (excludes halogenated alkanes) is 2. The Hall–Kier alpha value is -0.922. The van der Waals surface area contributed by atoms with Crippen LogP contribution in [0.5, 0.6) is 0 Å². The monoisotopic (exact) mass is 581 g/mol. The summed E-state index contributed by atoms with van der Waals surface area (Å²) in [5.41, 5.74) is 2.64. The quantitative estimate of drug-likeness (QED) is 0.115. The standard InChI is InChI=1S/C27H52N2O4Si4/c1-8-34(31)24-37(25-35(32)9-2,33-36(5,6)7)22-16-20-28-27(30)19-14-11-15-21-29(3,4)23-26-17-12-10-13-18-26/h10,12-13,17-18H,8-9,11,14-16,19-25H2,1-7H3/p+1. The number of carbonyl (C=O) groups excluding carboxylic acids is 1. The van der Waals surface area contributed by atoms with Crippen molar-refractivity contribution in [1.29, 1.82) is 0 Å². The van der Waals surface area contributed by atoms with E-state index in [0.29, 0.717) is 36.4 Å². The number of nitrogens with one attached hydrogen (secondary N) is 1. The van der Waals surface area contributed by atoms with E-state index >= 15 is 0 Å². The van der Waals surface area contributed by atoms with Gasteiger partial charge in [-0.1, -0.05) is 44.2 Å². The van der Waals surface area contributed by atoms with Gasteiger partial charge < -0.3 is 22.8 Å². The van der Waals surface area contributed by atoms with Gasteiger partial charge in [0.05, 0.1) is 20.6 Å². The fraction of sp³-hybridized carbons (Fsp3) is 0.741. The molecule has 1 aromatic rings. The Balaban J connectivity index is 2.45. The van der Waals surface area contributed by atoms with Crippen LogP contribution < -0.4 is 5.32 Å². The van der Waals surface area contributed by atoms with Gasteiger partial charge in [-0.15, -0.1) is 0 Å². The molecule has 1 amide bonds. The van der Waals surface area contributed by atoms with E-state index in [1.165, 1.54) is 5.56 Å². The molecular formula is C27H53N2O4Si4+. The van der Waals surface area contributed by atoms with Gasteiger partial charge in [0.1, 0.15) is 6.54 Å². The molecule has 0 heterocycles. The van der Waals surface area contributed by atoms with Crippen molar-refractivity contribution in [2.45, 2.75) is 102 Å². The lowest BCUT2D eigenvalue weighted by atomic mass is 10.1. The second-order valence-corrected chi connectivity index (χ2v) is 26.4. The molecule has 210 valence electrons. The Morgan fingerprint density at radius 3 is 2.05 bits per heavy atom. The van der Waals surface area contributed by atoms with Crippen LogP contribution in [0.15, 0.2) is 30.3 Å². The number of carbonyl (C=O) groups is 1. The molecule has 0 aliphatic heterocycles. The molecule has 0 bridgehead atoms. The fourth-order valence-electron chi connectivity index (χ4n) is 4.87. The molecule has 0 saturated heterocycles. The molecular weight excluding hydrogens is 529 g/mol. The van der Waals surface area contributed by atoms with E-state index < -0.39 is 34.0 Å². The summed E-state index contributed by atoms with van der Waals surface area (Å²) in [5.74, 6) is 0.112. The van der Waals surface area contributed by atoms with Gasteiger partial charge in [-0.3, -0.25) is 4.79 Å². The zero-order valence-electron chi connectivity index (χ0n) is 24.7. The zero-order chi connectivity index (χ0) is 28.0. The predicted octanol–water partition coefficient (Wildman–Crippen LogP) is 6.09. The van der Waals surface area contributed by atoms with Crippen LogP contribution in [0.4, 0.5) is 0 Å². The first-order valence-electron chi connectivity index (χ1n) is 14.2. The average Bonchev–Trinajstić information content (AvgIpc) is 2.80. The Kier molecular flexibility index (Phi) is 15.6. The normalized spacial score (nSPS) is 12.4. The number of quaternary nitrogens is 1. The summed E-state index contributed by atoms with van der Waals surface area (Å²) in [7, 11) is -3.13. The molecule has 0 aromatic heterocycles. The number of rotatable bonds is 20. The maximum absolute atomic E-state index is 12.6. The van der Waals surface area contributed by atoms with Crippen molar-refractivity contribution in [2.75, 3.05) is 27.2 Å². The number of amides is 1. The maximum Gasteiger partial charge on any atom is 0.275 e. The lowest BCUT2D eigenvalue weighted by Crippen LogP contribution is -2.50. The highest BCUT2D eigenvalue weighted by molar-refractivity contribution is 6.94. The third-order valence-electron chi connectivity index (χ3n) is 6.60.